The number of nitrogens with two attached hydrogens (primary N) is 1. The topological polar surface area (TPSA) is 68.0 Å². The molecule has 1 atom stereocenters. The van der Waals surface area contributed by atoms with Crippen molar-refractivity contribution < 1.29 is 22.4 Å². The molecule has 1 fully saturated rings. The van der Waals surface area contributed by atoms with Crippen LogP contribution in [0.15, 0.2) is 42.6 Å². The summed E-state index contributed by atoms with van der Waals surface area (Å²) >= 11 is 5.40. The molecule has 28 heavy (non-hydrogen) atoms. The smallest absolute Gasteiger partial charge is 0.375 e. The van der Waals surface area contributed by atoms with Gasteiger partial charge in [0.05, 0.1) is 11.3 Å². The summed E-state index contributed by atoms with van der Waals surface area (Å²) < 4.78 is 54.5. The van der Waals surface area contributed by atoms with E-state index in [9.17, 15) is 22.4 Å². The van der Waals surface area contributed by atoms with Crippen LogP contribution in [0, 0.1) is 5.82 Å². The third-order valence-electron chi connectivity index (χ3n) is 4.90. The summed E-state index contributed by atoms with van der Waals surface area (Å²) in [6.07, 6.45) is -1.27. The molecule has 0 spiro atoms. The molecule has 0 radical (unpaired) electrons. The SMILES string of the molecule is NC(=O)C(C(=S)NC1CCC1)(c1cc(C(F)(F)F)ccn1)c1ccccc1F. The van der Waals surface area contributed by atoms with Crippen LogP contribution < -0.4 is 11.1 Å². The summed E-state index contributed by atoms with van der Waals surface area (Å²) in [6.45, 7) is 0. The van der Waals surface area contributed by atoms with Gasteiger partial charge in [-0.05, 0) is 37.5 Å². The molecule has 0 aliphatic heterocycles. The minimum absolute atomic E-state index is 0.0520. The van der Waals surface area contributed by atoms with Gasteiger partial charge in [0, 0.05) is 17.8 Å². The van der Waals surface area contributed by atoms with Crippen molar-refractivity contribution in [1.82, 2.24) is 10.3 Å². The quantitative estimate of drug-likeness (QED) is 0.584. The van der Waals surface area contributed by atoms with Gasteiger partial charge < -0.3 is 11.1 Å². The van der Waals surface area contributed by atoms with Crippen molar-refractivity contribution in [2.45, 2.75) is 36.9 Å². The predicted octanol–water partition coefficient (Wildman–Crippen LogP) is 3.48. The van der Waals surface area contributed by atoms with E-state index in [4.69, 9.17) is 18.0 Å². The number of pyridine rings is 1. The van der Waals surface area contributed by atoms with E-state index in [-0.39, 0.29) is 22.3 Å². The maximum Gasteiger partial charge on any atom is 0.416 e. The highest BCUT2D eigenvalue weighted by atomic mass is 32.1. The minimum Gasteiger partial charge on any atom is -0.375 e. The van der Waals surface area contributed by atoms with Crippen LogP contribution in [0.4, 0.5) is 17.6 Å². The number of benzene rings is 1. The number of nitrogens with zero attached hydrogens (tertiary/aromatic N) is 1. The number of rotatable bonds is 5. The van der Waals surface area contributed by atoms with Gasteiger partial charge in [-0.1, -0.05) is 30.4 Å². The summed E-state index contributed by atoms with van der Waals surface area (Å²) in [5.41, 5.74) is 1.82. The first-order chi connectivity index (χ1) is 13.2. The fraction of sp³-hybridized carbons (Fsp3) is 0.316. The highest BCUT2D eigenvalue weighted by Gasteiger charge is 2.49. The van der Waals surface area contributed by atoms with E-state index >= 15 is 0 Å². The van der Waals surface area contributed by atoms with Crippen LogP contribution in [0.5, 0.6) is 0 Å². The maximum atomic E-state index is 14.7. The Morgan fingerprint density at radius 3 is 2.43 bits per heavy atom. The van der Waals surface area contributed by atoms with E-state index < -0.39 is 28.9 Å². The van der Waals surface area contributed by atoms with Crippen molar-refractivity contribution in [3.05, 3.63) is 65.2 Å². The van der Waals surface area contributed by atoms with Crippen LogP contribution >= 0.6 is 12.2 Å². The zero-order valence-electron chi connectivity index (χ0n) is 14.6. The number of hydrogen-bond acceptors (Lipinski definition) is 3. The van der Waals surface area contributed by atoms with Crippen LogP contribution in [0.2, 0.25) is 0 Å². The molecule has 1 aliphatic carbocycles. The van der Waals surface area contributed by atoms with E-state index in [2.05, 4.69) is 10.3 Å². The molecule has 1 aromatic heterocycles. The van der Waals surface area contributed by atoms with Gasteiger partial charge >= 0.3 is 6.18 Å². The maximum absolute atomic E-state index is 14.7. The van der Waals surface area contributed by atoms with E-state index in [1.165, 1.54) is 18.2 Å². The summed E-state index contributed by atoms with van der Waals surface area (Å²) in [5, 5.41) is 2.96. The first-order valence-corrected chi connectivity index (χ1v) is 8.97. The molecule has 9 heteroatoms. The van der Waals surface area contributed by atoms with Crippen LogP contribution in [0.1, 0.15) is 36.1 Å². The van der Waals surface area contributed by atoms with E-state index in [1.807, 2.05) is 0 Å². The Kier molecular flexibility index (Phi) is 5.38. The molecule has 1 aliphatic rings. The molecule has 0 bridgehead atoms. The van der Waals surface area contributed by atoms with Gasteiger partial charge in [0.2, 0.25) is 5.91 Å². The number of carbonyl (C=O) groups is 1. The zero-order chi connectivity index (χ0) is 20.5. The summed E-state index contributed by atoms with van der Waals surface area (Å²) in [6, 6.07) is 6.61. The van der Waals surface area contributed by atoms with Crippen molar-refractivity contribution in [2.75, 3.05) is 0 Å². The van der Waals surface area contributed by atoms with Gasteiger partial charge in [-0.15, -0.1) is 0 Å². The third kappa shape index (κ3) is 3.46. The van der Waals surface area contributed by atoms with Gasteiger partial charge in [-0.2, -0.15) is 13.2 Å². The van der Waals surface area contributed by atoms with Gasteiger partial charge in [0.1, 0.15) is 10.8 Å². The lowest BCUT2D eigenvalue weighted by atomic mass is 9.74. The molecule has 3 N–H and O–H groups in total. The monoisotopic (exact) mass is 411 g/mol. The number of carbonyl (C=O) groups excluding carboxylic acids is 1. The Morgan fingerprint density at radius 2 is 1.89 bits per heavy atom. The number of nitrogens with one attached hydrogen (secondary N) is 1. The molecule has 4 nitrogen and oxygen atoms in total. The highest BCUT2D eigenvalue weighted by Crippen LogP contribution is 2.38. The standard InChI is InChI=1S/C19H17F4N3OS/c20-14-7-2-1-6-13(14)18(16(24)27,17(28)26-12-4-3-5-12)15-10-11(8-9-25-15)19(21,22)23/h1-2,6-10,12H,3-5H2,(H2,24,27)(H,26,28). The molecule has 1 aromatic carbocycles. The summed E-state index contributed by atoms with van der Waals surface area (Å²) in [4.78, 5) is 16.4. The van der Waals surface area contributed by atoms with Crippen LogP contribution in [-0.2, 0) is 16.4 Å². The van der Waals surface area contributed by atoms with Crippen molar-refractivity contribution in [3.63, 3.8) is 0 Å². The second kappa shape index (κ2) is 7.46. The van der Waals surface area contributed by atoms with Crippen molar-refractivity contribution in [1.29, 1.82) is 0 Å². The number of thiocarbonyl (C=S) groups is 1. The number of alkyl halides is 3. The molecule has 1 unspecified atom stereocenters. The van der Waals surface area contributed by atoms with E-state index in [0.717, 1.165) is 37.6 Å². The number of primary amides is 1. The van der Waals surface area contributed by atoms with Crippen LogP contribution in [0.25, 0.3) is 0 Å². The molecule has 1 heterocycles. The van der Waals surface area contributed by atoms with E-state index in [1.54, 1.807) is 0 Å². The zero-order valence-corrected chi connectivity index (χ0v) is 15.4. The number of amides is 1. The molecule has 0 saturated heterocycles. The fourth-order valence-electron chi connectivity index (χ4n) is 3.17. The Bertz CT molecular complexity index is 914. The van der Waals surface area contributed by atoms with Crippen LogP contribution in [-0.4, -0.2) is 21.9 Å². The molecular weight excluding hydrogens is 394 g/mol. The lowest BCUT2D eigenvalue weighted by molar-refractivity contribution is -0.137. The molecule has 1 saturated carbocycles. The first kappa shape index (κ1) is 20.2. The Morgan fingerprint density at radius 1 is 1.21 bits per heavy atom. The first-order valence-electron chi connectivity index (χ1n) is 8.57. The molecule has 1 amide bonds. The predicted molar refractivity (Wildman–Crippen MR) is 99.0 cm³/mol. The van der Waals surface area contributed by atoms with Crippen molar-refractivity contribution in [3.8, 4) is 0 Å². The Hall–Kier alpha value is -2.55. The average Bonchev–Trinajstić information content (AvgIpc) is 2.59. The molecule has 148 valence electrons. The normalized spacial score (nSPS) is 16.7. The molecule has 3 rings (SSSR count). The molecule has 2 aromatic rings. The van der Waals surface area contributed by atoms with Gasteiger partial charge in [0.25, 0.3) is 0 Å². The number of hydrogen-bond donors (Lipinski definition) is 2. The summed E-state index contributed by atoms with van der Waals surface area (Å²) in [7, 11) is 0. The number of aromatic nitrogens is 1. The van der Waals surface area contributed by atoms with Gasteiger partial charge in [-0.25, -0.2) is 4.39 Å². The lowest BCUT2D eigenvalue weighted by Gasteiger charge is -2.36. The highest BCUT2D eigenvalue weighted by molar-refractivity contribution is 7.80. The second-order valence-corrected chi connectivity index (χ2v) is 7.03. The second-order valence-electron chi connectivity index (χ2n) is 6.62. The third-order valence-corrected chi connectivity index (χ3v) is 5.32. The van der Waals surface area contributed by atoms with Gasteiger partial charge in [0.15, 0.2) is 5.41 Å². The Labute approximate surface area is 164 Å². The fourth-order valence-corrected chi connectivity index (χ4v) is 3.65. The van der Waals surface area contributed by atoms with E-state index in [0.29, 0.717) is 6.07 Å². The minimum atomic E-state index is -4.68. The summed E-state index contributed by atoms with van der Waals surface area (Å²) in [5.74, 6) is -1.93. The molecular formula is C19H17F4N3OS. The Balaban J connectivity index is 2.25. The van der Waals surface area contributed by atoms with Crippen molar-refractivity contribution >= 4 is 23.1 Å². The largest absolute Gasteiger partial charge is 0.416 e. The van der Waals surface area contributed by atoms with Gasteiger partial charge in [-0.3, -0.25) is 9.78 Å². The average molecular weight is 411 g/mol. The van der Waals surface area contributed by atoms with Crippen molar-refractivity contribution in [2.24, 2.45) is 5.73 Å². The van der Waals surface area contributed by atoms with Crippen LogP contribution in [0.3, 0.4) is 0 Å². The lowest BCUT2D eigenvalue weighted by Crippen LogP contribution is -2.57. The number of halogens is 4.